The minimum absolute atomic E-state index is 0.137. The van der Waals surface area contributed by atoms with E-state index < -0.39 is 0 Å². The van der Waals surface area contributed by atoms with Crippen LogP contribution in [0.15, 0.2) is 33.6 Å². The van der Waals surface area contributed by atoms with Crippen molar-refractivity contribution in [2.45, 2.75) is 39.3 Å². The van der Waals surface area contributed by atoms with Crippen molar-refractivity contribution >= 4 is 6.03 Å². The summed E-state index contributed by atoms with van der Waals surface area (Å²) >= 11 is 0. The minimum atomic E-state index is -0.325. The number of hydrogen-bond donors (Lipinski definition) is 1. The van der Waals surface area contributed by atoms with Crippen LogP contribution in [0.25, 0.3) is 11.4 Å². The molecule has 0 radical (unpaired) electrons. The molecule has 0 unspecified atom stereocenters. The van der Waals surface area contributed by atoms with E-state index in [2.05, 4.69) is 30.6 Å². The van der Waals surface area contributed by atoms with Gasteiger partial charge in [-0.15, -0.1) is 0 Å². The molecule has 142 valence electrons. The molecule has 2 amide bonds. The first-order chi connectivity index (χ1) is 12.8. The lowest BCUT2D eigenvalue weighted by Crippen LogP contribution is -2.36. The zero-order valence-electron chi connectivity index (χ0n) is 15.6. The van der Waals surface area contributed by atoms with Gasteiger partial charge in [0.25, 0.3) is 0 Å². The highest BCUT2D eigenvalue weighted by Gasteiger charge is 2.21. The number of nitrogens with zero attached hydrogens (tertiary/aromatic N) is 6. The molecule has 0 bridgehead atoms. The molecule has 3 heterocycles. The molecule has 27 heavy (non-hydrogen) atoms. The summed E-state index contributed by atoms with van der Waals surface area (Å²) in [5, 5.41) is 10.5. The Labute approximate surface area is 156 Å². The molecule has 0 aliphatic heterocycles. The van der Waals surface area contributed by atoms with Gasteiger partial charge in [0.05, 0.1) is 6.54 Å². The highest BCUT2D eigenvalue weighted by atomic mass is 16.5. The Balaban J connectivity index is 1.54. The highest BCUT2D eigenvalue weighted by Crippen LogP contribution is 2.18. The first kappa shape index (κ1) is 18.5. The van der Waals surface area contributed by atoms with Crippen LogP contribution in [0.5, 0.6) is 0 Å². The van der Waals surface area contributed by atoms with E-state index in [1.807, 2.05) is 20.8 Å². The van der Waals surface area contributed by atoms with Gasteiger partial charge in [0.15, 0.2) is 5.82 Å². The van der Waals surface area contributed by atoms with Gasteiger partial charge in [0, 0.05) is 30.4 Å². The van der Waals surface area contributed by atoms with Gasteiger partial charge >= 0.3 is 6.03 Å². The molecule has 1 N–H and O–H groups in total. The number of hydrogen-bond acceptors (Lipinski definition) is 8. The summed E-state index contributed by atoms with van der Waals surface area (Å²) in [6, 6.07) is 3.23. The van der Waals surface area contributed by atoms with Crippen LogP contribution in [-0.4, -0.2) is 43.2 Å². The third-order valence-corrected chi connectivity index (χ3v) is 3.66. The van der Waals surface area contributed by atoms with Crippen molar-refractivity contribution in [3.63, 3.8) is 0 Å². The van der Waals surface area contributed by atoms with E-state index in [-0.39, 0.29) is 24.5 Å². The molecule has 0 saturated carbocycles. The number of aromatic nitrogens is 5. The molecule has 3 aromatic heterocycles. The van der Waals surface area contributed by atoms with Crippen molar-refractivity contribution < 1.29 is 13.8 Å². The molecule has 10 heteroatoms. The largest absolute Gasteiger partial charge is 0.337 e. The Kier molecular flexibility index (Phi) is 5.15. The van der Waals surface area contributed by atoms with Crippen LogP contribution in [0.4, 0.5) is 4.79 Å². The zero-order valence-corrected chi connectivity index (χ0v) is 15.6. The molecule has 3 aromatic rings. The van der Waals surface area contributed by atoms with Gasteiger partial charge < -0.3 is 19.3 Å². The second-order valence-electron chi connectivity index (χ2n) is 7.02. The number of carbonyl (C=O) groups excluding carboxylic acids is 1. The van der Waals surface area contributed by atoms with Crippen molar-refractivity contribution in [3.05, 3.63) is 42.1 Å². The van der Waals surface area contributed by atoms with E-state index in [1.165, 1.54) is 4.90 Å². The molecule has 0 aliphatic carbocycles. The van der Waals surface area contributed by atoms with Crippen LogP contribution in [0.2, 0.25) is 0 Å². The Morgan fingerprint density at radius 2 is 1.81 bits per heavy atom. The summed E-state index contributed by atoms with van der Waals surface area (Å²) in [7, 11) is 1.63. The lowest BCUT2D eigenvalue weighted by atomic mass is 9.96. The van der Waals surface area contributed by atoms with Crippen LogP contribution in [0.1, 0.15) is 38.4 Å². The van der Waals surface area contributed by atoms with Crippen molar-refractivity contribution in [2.24, 2.45) is 0 Å². The Morgan fingerprint density at radius 3 is 2.48 bits per heavy atom. The fraction of sp³-hybridized carbons (Fsp3) is 0.412. The number of urea groups is 1. The average molecular weight is 371 g/mol. The van der Waals surface area contributed by atoms with E-state index in [4.69, 9.17) is 9.05 Å². The Morgan fingerprint density at radius 1 is 1.11 bits per heavy atom. The molecule has 0 fully saturated rings. The van der Waals surface area contributed by atoms with E-state index in [9.17, 15) is 4.79 Å². The predicted molar refractivity (Wildman–Crippen MR) is 94.2 cm³/mol. The summed E-state index contributed by atoms with van der Waals surface area (Å²) in [6.07, 6.45) is 3.29. The highest BCUT2D eigenvalue weighted by molar-refractivity contribution is 5.73. The molecule has 0 saturated heterocycles. The van der Waals surface area contributed by atoms with Gasteiger partial charge in [-0.05, 0) is 12.1 Å². The molecule has 0 atom stereocenters. The lowest BCUT2D eigenvalue weighted by molar-refractivity contribution is 0.197. The Bertz CT molecular complexity index is 899. The minimum Gasteiger partial charge on any atom is -0.337 e. The normalized spacial score (nSPS) is 11.4. The van der Waals surface area contributed by atoms with E-state index in [0.717, 1.165) is 5.56 Å². The number of amides is 2. The predicted octanol–water partition coefficient (Wildman–Crippen LogP) is 2.15. The molecule has 10 nitrogen and oxygen atoms in total. The van der Waals surface area contributed by atoms with E-state index in [0.29, 0.717) is 23.4 Å². The molecule has 0 aromatic carbocycles. The van der Waals surface area contributed by atoms with Crippen LogP contribution < -0.4 is 5.32 Å². The fourth-order valence-corrected chi connectivity index (χ4v) is 2.13. The van der Waals surface area contributed by atoms with Crippen LogP contribution in [0, 0.1) is 0 Å². The second-order valence-corrected chi connectivity index (χ2v) is 7.02. The zero-order chi connectivity index (χ0) is 19.4. The quantitative estimate of drug-likeness (QED) is 0.723. The van der Waals surface area contributed by atoms with Crippen molar-refractivity contribution in [2.75, 3.05) is 7.05 Å². The first-order valence-electron chi connectivity index (χ1n) is 8.38. The summed E-state index contributed by atoms with van der Waals surface area (Å²) in [5.74, 6) is 1.71. The smallest absolute Gasteiger partial charge is 0.318 e. The average Bonchev–Trinajstić information content (AvgIpc) is 3.29. The third-order valence-electron chi connectivity index (χ3n) is 3.66. The van der Waals surface area contributed by atoms with Gasteiger partial charge in [-0.1, -0.05) is 31.1 Å². The number of nitrogens with one attached hydrogen (secondary N) is 1. The topological polar surface area (TPSA) is 123 Å². The number of rotatable bonds is 5. The van der Waals surface area contributed by atoms with Gasteiger partial charge in [0.2, 0.25) is 17.6 Å². The van der Waals surface area contributed by atoms with Gasteiger partial charge in [-0.3, -0.25) is 4.98 Å². The van der Waals surface area contributed by atoms with E-state index >= 15 is 0 Å². The molecular formula is C17H21N7O3. The van der Waals surface area contributed by atoms with Crippen LogP contribution in [0.3, 0.4) is 0 Å². The van der Waals surface area contributed by atoms with E-state index in [1.54, 1.807) is 31.6 Å². The third kappa shape index (κ3) is 4.66. The van der Waals surface area contributed by atoms with Gasteiger partial charge in [0.1, 0.15) is 6.54 Å². The van der Waals surface area contributed by atoms with Gasteiger partial charge in [-0.25, -0.2) is 4.79 Å². The maximum Gasteiger partial charge on any atom is 0.318 e. The number of carbonyl (C=O) groups is 1. The van der Waals surface area contributed by atoms with Gasteiger partial charge in [-0.2, -0.15) is 9.97 Å². The molecular weight excluding hydrogens is 350 g/mol. The maximum absolute atomic E-state index is 12.2. The maximum atomic E-state index is 12.2. The standard InChI is InChI=1S/C17H21N7O3/c1-17(2,3)15-21-12(26-23-15)9-19-16(25)24(4)10-13-20-14(22-27-13)11-5-7-18-8-6-11/h5-8H,9-10H2,1-4H3,(H,19,25). The monoisotopic (exact) mass is 371 g/mol. The molecule has 3 rings (SSSR count). The number of pyridine rings is 1. The summed E-state index contributed by atoms with van der Waals surface area (Å²) in [5.41, 5.74) is 0.575. The molecule has 0 aliphatic rings. The van der Waals surface area contributed by atoms with Crippen LogP contribution in [-0.2, 0) is 18.5 Å². The summed E-state index contributed by atoms with van der Waals surface area (Å²) < 4.78 is 10.4. The SMILES string of the molecule is CN(Cc1nc(-c2ccncc2)no1)C(=O)NCc1nc(C(C)(C)C)no1. The van der Waals surface area contributed by atoms with Crippen molar-refractivity contribution in [3.8, 4) is 11.4 Å². The Hall–Kier alpha value is -3.30. The van der Waals surface area contributed by atoms with Crippen molar-refractivity contribution in [1.29, 1.82) is 0 Å². The first-order valence-corrected chi connectivity index (χ1v) is 8.38. The second kappa shape index (κ2) is 7.52. The van der Waals surface area contributed by atoms with Crippen LogP contribution >= 0.6 is 0 Å². The summed E-state index contributed by atoms with van der Waals surface area (Å²) in [6.45, 7) is 6.26. The van der Waals surface area contributed by atoms with Crippen molar-refractivity contribution in [1.82, 2.24) is 35.5 Å². The summed E-state index contributed by atoms with van der Waals surface area (Å²) in [4.78, 5) is 26.2. The molecule has 0 spiro atoms. The fourth-order valence-electron chi connectivity index (χ4n) is 2.13. The lowest BCUT2D eigenvalue weighted by Gasteiger charge is -2.14.